The molecule has 1 saturated heterocycles. The van der Waals surface area contributed by atoms with E-state index < -0.39 is 5.91 Å². The lowest BCUT2D eigenvalue weighted by Gasteiger charge is -2.30. The normalized spacial score (nSPS) is 14.6. The van der Waals surface area contributed by atoms with Crippen LogP contribution in [0.5, 0.6) is 17.2 Å². The molecule has 0 bridgehead atoms. The lowest BCUT2D eigenvalue weighted by atomic mass is 9.98. The lowest BCUT2D eigenvalue weighted by Crippen LogP contribution is -2.37. The third-order valence-corrected chi connectivity index (χ3v) is 6.11. The van der Waals surface area contributed by atoms with Crippen LogP contribution in [-0.4, -0.2) is 46.3 Å². The van der Waals surface area contributed by atoms with E-state index in [1.54, 1.807) is 23.1 Å². The second-order valence-electron chi connectivity index (χ2n) is 7.26. The van der Waals surface area contributed by atoms with Crippen molar-refractivity contribution in [1.82, 2.24) is 4.90 Å². The Hall–Kier alpha value is -2.59. The van der Waals surface area contributed by atoms with Gasteiger partial charge >= 0.3 is 0 Å². The summed E-state index contributed by atoms with van der Waals surface area (Å²) >= 11 is 6.80. The number of halogens is 2. The quantitative estimate of drug-likeness (QED) is 0.274. The first-order valence-corrected chi connectivity index (χ1v) is 11.1. The number of aromatic hydroxyl groups is 1. The fourth-order valence-electron chi connectivity index (χ4n) is 3.21. The first-order valence-electron chi connectivity index (χ1n) is 9.56. The van der Waals surface area contributed by atoms with E-state index >= 15 is 0 Å². The van der Waals surface area contributed by atoms with E-state index in [1.807, 2.05) is 0 Å². The molecule has 31 heavy (non-hydrogen) atoms. The molecule has 2 aromatic carbocycles. The fraction of sp³-hybridized carbons (Fsp3) is 0.286. The molecule has 3 rings (SSSR count). The van der Waals surface area contributed by atoms with Crippen molar-refractivity contribution in [3.05, 3.63) is 44.8 Å². The summed E-state index contributed by atoms with van der Waals surface area (Å²) in [6.07, 6.45) is 2.62. The molecule has 8 nitrogen and oxygen atoms in total. The summed E-state index contributed by atoms with van der Waals surface area (Å²) in [5, 5.41) is 23.9. The molecule has 0 radical (unpaired) electrons. The van der Waals surface area contributed by atoms with Crippen LogP contribution in [0.2, 0.25) is 0 Å². The Morgan fingerprint density at radius 3 is 2.45 bits per heavy atom. The summed E-state index contributed by atoms with van der Waals surface area (Å²) in [7, 11) is 0. The maximum Gasteiger partial charge on any atom is 0.270 e. The second kappa shape index (κ2) is 10.1. The predicted octanol–water partition coefficient (Wildman–Crippen LogP) is 4.98. The highest BCUT2D eigenvalue weighted by atomic mass is 79.9. The number of benzene rings is 2. The number of phenols is 1. The van der Waals surface area contributed by atoms with Crippen molar-refractivity contribution in [3.8, 4) is 17.2 Å². The molecule has 0 aliphatic carbocycles. The topological polar surface area (TPSA) is 111 Å². The summed E-state index contributed by atoms with van der Waals surface area (Å²) in [5.41, 5.74) is 0.628. The maximum atomic E-state index is 12.9. The molecule has 164 valence electrons. The molecule has 1 heterocycles. The van der Waals surface area contributed by atoms with Gasteiger partial charge in [-0.3, -0.25) is 9.59 Å². The van der Waals surface area contributed by atoms with Gasteiger partial charge < -0.3 is 25.3 Å². The van der Waals surface area contributed by atoms with E-state index in [-0.39, 0.29) is 17.2 Å². The molecule has 0 saturated carbocycles. The van der Waals surface area contributed by atoms with Gasteiger partial charge in [-0.1, -0.05) is 12.1 Å². The van der Waals surface area contributed by atoms with Gasteiger partial charge in [-0.25, -0.2) is 0 Å². The molecule has 0 unspecified atom stereocenters. The zero-order valence-corrected chi connectivity index (χ0v) is 19.8. The van der Waals surface area contributed by atoms with Gasteiger partial charge in [0, 0.05) is 18.8 Å². The van der Waals surface area contributed by atoms with E-state index in [4.69, 9.17) is 9.94 Å². The third kappa shape index (κ3) is 5.76. The number of amides is 2. The number of carbonyl (C=O) groups is 2. The van der Waals surface area contributed by atoms with Crippen molar-refractivity contribution in [2.75, 3.05) is 18.4 Å². The van der Waals surface area contributed by atoms with Crippen LogP contribution in [0.3, 0.4) is 0 Å². The number of oxime groups is 1. The van der Waals surface area contributed by atoms with Gasteiger partial charge in [0.1, 0.15) is 17.7 Å². The van der Waals surface area contributed by atoms with Crippen LogP contribution in [0.1, 0.15) is 30.1 Å². The van der Waals surface area contributed by atoms with E-state index in [2.05, 4.69) is 49.3 Å². The number of nitrogens with zero attached hydrogens (tertiary/aromatic N) is 2. The third-order valence-electron chi connectivity index (χ3n) is 4.93. The van der Waals surface area contributed by atoms with Crippen LogP contribution < -0.4 is 10.1 Å². The van der Waals surface area contributed by atoms with E-state index in [9.17, 15) is 14.7 Å². The van der Waals surface area contributed by atoms with Crippen LogP contribution >= 0.6 is 31.9 Å². The minimum atomic E-state index is -0.594. The number of hydrogen-bond donors (Lipinski definition) is 3. The highest BCUT2D eigenvalue weighted by Crippen LogP contribution is 2.40. The Bertz CT molecular complexity index is 997. The van der Waals surface area contributed by atoms with Crippen LogP contribution in [0, 0.1) is 5.92 Å². The molecule has 0 atom stereocenters. The zero-order valence-electron chi connectivity index (χ0n) is 16.6. The van der Waals surface area contributed by atoms with Crippen LogP contribution in [0.15, 0.2) is 44.4 Å². The molecule has 0 aromatic heterocycles. The smallest absolute Gasteiger partial charge is 0.270 e. The van der Waals surface area contributed by atoms with Crippen molar-refractivity contribution >= 4 is 55.6 Å². The number of rotatable bonds is 5. The molecule has 10 heteroatoms. The minimum absolute atomic E-state index is 0.0993. The largest absolute Gasteiger partial charge is 0.507 e. The standard InChI is InChI=1S/C21H21Br2N3O5/c1-12-4-6-26(7-5-12)21(29)15-10-14(2-3-18(15)27)31-20-16(22)8-13(9-17(20)23)25-19(28)11-24-30/h2-3,8-12,27,30H,4-7H2,1H3,(H,25,28)/b24-11+. The second-order valence-corrected chi connectivity index (χ2v) is 8.97. The number of hydrogen-bond acceptors (Lipinski definition) is 6. The van der Waals surface area contributed by atoms with E-state index in [0.717, 1.165) is 19.1 Å². The van der Waals surface area contributed by atoms with Gasteiger partial charge in [0.15, 0.2) is 5.75 Å². The number of phenolic OH excluding ortho intramolecular Hbond substituents is 1. The Morgan fingerprint density at radius 1 is 1.19 bits per heavy atom. The summed E-state index contributed by atoms with van der Waals surface area (Å²) in [6.45, 7) is 3.49. The predicted molar refractivity (Wildman–Crippen MR) is 123 cm³/mol. The van der Waals surface area contributed by atoms with Gasteiger partial charge in [-0.15, -0.1) is 0 Å². The Kier molecular flexibility index (Phi) is 7.55. The summed E-state index contributed by atoms with van der Waals surface area (Å²) < 4.78 is 7.01. The summed E-state index contributed by atoms with van der Waals surface area (Å²) in [6, 6.07) is 7.74. The van der Waals surface area contributed by atoms with Gasteiger partial charge in [0.2, 0.25) is 0 Å². The first-order chi connectivity index (χ1) is 14.8. The number of likely N-dealkylation sites (tertiary alicyclic amines) is 1. The number of ether oxygens (including phenoxy) is 1. The number of nitrogens with one attached hydrogen (secondary N) is 1. The first kappa shape index (κ1) is 23.1. The minimum Gasteiger partial charge on any atom is -0.507 e. The van der Waals surface area contributed by atoms with Crippen LogP contribution in [0.25, 0.3) is 0 Å². The number of piperidine rings is 1. The molecule has 1 aliphatic heterocycles. The Morgan fingerprint density at radius 2 is 1.84 bits per heavy atom. The number of carbonyl (C=O) groups excluding carboxylic acids is 2. The Balaban J connectivity index is 1.81. The number of anilines is 1. The molecule has 0 spiro atoms. The zero-order chi connectivity index (χ0) is 22.5. The fourth-order valence-corrected chi connectivity index (χ4v) is 4.55. The average Bonchev–Trinajstić information content (AvgIpc) is 2.72. The summed E-state index contributed by atoms with van der Waals surface area (Å²) in [5.74, 6) is 0.464. The SMILES string of the molecule is CC1CCN(C(=O)c2cc(Oc3c(Br)cc(NC(=O)/C=N/O)cc3Br)ccc2O)CC1. The summed E-state index contributed by atoms with van der Waals surface area (Å²) in [4.78, 5) is 26.2. The highest BCUT2D eigenvalue weighted by molar-refractivity contribution is 9.11. The maximum absolute atomic E-state index is 12.9. The average molecular weight is 555 g/mol. The van der Waals surface area contributed by atoms with Crippen molar-refractivity contribution in [1.29, 1.82) is 0 Å². The highest BCUT2D eigenvalue weighted by Gasteiger charge is 2.24. The molecule has 1 aliphatic rings. The molecule has 2 aromatic rings. The van der Waals surface area contributed by atoms with Crippen molar-refractivity contribution in [2.45, 2.75) is 19.8 Å². The van der Waals surface area contributed by atoms with Gasteiger partial charge in [-0.05, 0) is 81.0 Å². The molecular weight excluding hydrogens is 534 g/mol. The Labute approximate surface area is 196 Å². The van der Waals surface area contributed by atoms with Crippen molar-refractivity contribution in [3.63, 3.8) is 0 Å². The van der Waals surface area contributed by atoms with E-state index in [1.165, 1.54) is 12.1 Å². The molecule has 2 amide bonds. The van der Waals surface area contributed by atoms with Crippen molar-refractivity contribution < 1.29 is 24.6 Å². The monoisotopic (exact) mass is 553 g/mol. The van der Waals surface area contributed by atoms with E-state index in [0.29, 0.717) is 45.1 Å². The van der Waals surface area contributed by atoms with Crippen molar-refractivity contribution in [2.24, 2.45) is 11.1 Å². The van der Waals surface area contributed by atoms with Gasteiger partial charge in [-0.2, -0.15) is 0 Å². The molecular formula is C21H21Br2N3O5. The lowest BCUT2D eigenvalue weighted by molar-refractivity contribution is -0.110. The van der Waals surface area contributed by atoms with Crippen LogP contribution in [-0.2, 0) is 4.79 Å². The van der Waals surface area contributed by atoms with Gasteiger partial charge in [0.05, 0.1) is 14.5 Å². The van der Waals surface area contributed by atoms with Crippen LogP contribution in [0.4, 0.5) is 5.69 Å². The van der Waals surface area contributed by atoms with Gasteiger partial charge in [0.25, 0.3) is 11.8 Å². The molecule has 1 fully saturated rings. The molecule has 3 N–H and O–H groups in total.